The van der Waals surface area contributed by atoms with Crippen molar-refractivity contribution >= 4 is 5.97 Å². The van der Waals surface area contributed by atoms with Gasteiger partial charge in [-0.1, -0.05) is 32.6 Å². The van der Waals surface area contributed by atoms with Crippen LogP contribution in [0.15, 0.2) is 0 Å². The Kier molecular flexibility index (Phi) is 6.46. The van der Waals surface area contributed by atoms with Crippen LogP contribution in [0.2, 0.25) is 0 Å². The van der Waals surface area contributed by atoms with Crippen molar-refractivity contribution in [2.45, 2.75) is 58.4 Å². The first-order valence-corrected chi connectivity index (χ1v) is 6.69. The number of hydrogen-bond donors (Lipinski definition) is 1. The maximum Gasteiger partial charge on any atom is 0.323 e. The number of ether oxygens (including phenoxy) is 1. The molecule has 94 valence electrons. The minimum Gasteiger partial charge on any atom is -0.465 e. The van der Waals surface area contributed by atoms with Crippen molar-refractivity contribution < 1.29 is 9.53 Å². The number of hydrogen-bond acceptors (Lipinski definition) is 3. The van der Waals surface area contributed by atoms with Gasteiger partial charge in [-0.05, 0) is 32.2 Å². The lowest BCUT2D eigenvalue weighted by Crippen LogP contribution is -2.43. The molecule has 0 aromatic rings. The summed E-state index contributed by atoms with van der Waals surface area (Å²) < 4.78 is 5.15. The molecule has 3 heteroatoms. The zero-order chi connectivity index (χ0) is 11.8. The molecule has 0 aromatic heterocycles. The second-order valence-electron chi connectivity index (χ2n) is 4.54. The molecule has 1 N–H and O–H groups in total. The highest BCUT2D eigenvalue weighted by Crippen LogP contribution is 2.26. The Bertz CT molecular complexity index is 198. The summed E-state index contributed by atoms with van der Waals surface area (Å²) in [5, 5.41) is 3.29. The molecule has 1 rings (SSSR count). The number of nitrogens with one attached hydrogen (secondary N) is 1. The molecule has 1 atom stereocenters. The fourth-order valence-electron chi connectivity index (χ4n) is 2.54. The normalized spacial score (nSPS) is 20.1. The summed E-state index contributed by atoms with van der Waals surface area (Å²) in [6.07, 6.45) is 7.47. The Hall–Kier alpha value is -0.570. The van der Waals surface area contributed by atoms with Gasteiger partial charge in [-0.25, -0.2) is 0 Å². The van der Waals surface area contributed by atoms with Crippen molar-refractivity contribution in [1.82, 2.24) is 5.32 Å². The van der Waals surface area contributed by atoms with Crippen molar-refractivity contribution in [2.24, 2.45) is 5.92 Å². The molecule has 0 heterocycles. The largest absolute Gasteiger partial charge is 0.465 e. The van der Waals surface area contributed by atoms with Gasteiger partial charge < -0.3 is 10.1 Å². The molecule has 0 amide bonds. The van der Waals surface area contributed by atoms with Crippen LogP contribution in [-0.4, -0.2) is 25.2 Å². The molecular formula is C13H25NO2. The third-order valence-corrected chi connectivity index (χ3v) is 3.34. The van der Waals surface area contributed by atoms with Crippen molar-refractivity contribution in [3.63, 3.8) is 0 Å². The zero-order valence-electron chi connectivity index (χ0n) is 10.6. The lowest BCUT2D eigenvalue weighted by molar-refractivity contribution is -0.147. The summed E-state index contributed by atoms with van der Waals surface area (Å²) in [5.74, 6) is 0.415. The van der Waals surface area contributed by atoms with Crippen LogP contribution in [0.5, 0.6) is 0 Å². The van der Waals surface area contributed by atoms with Gasteiger partial charge in [-0.2, -0.15) is 0 Å². The average Bonchev–Trinajstić information content (AvgIpc) is 2.54. The topological polar surface area (TPSA) is 38.3 Å². The van der Waals surface area contributed by atoms with Gasteiger partial charge in [-0.3, -0.25) is 4.79 Å². The second-order valence-corrected chi connectivity index (χ2v) is 4.54. The van der Waals surface area contributed by atoms with Gasteiger partial charge in [0.1, 0.15) is 6.04 Å². The van der Waals surface area contributed by atoms with E-state index in [1.54, 1.807) is 0 Å². The Morgan fingerprint density at radius 2 is 1.88 bits per heavy atom. The zero-order valence-corrected chi connectivity index (χ0v) is 10.6. The van der Waals surface area contributed by atoms with Crippen LogP contribution >= 0.6 is 0 Å². The summed E-state index contributed by atoms with van der Waals surface area (Å²) in [7, 11) is 0. The van der Waals surface area contributed by atoms with E-state index in [0.717, 1.165) is 19.4 Å². The Morgan fingerprint density at radius 1 is 1.25 bits per heavy atom. The molecule has 0 saturated heterocycles. The van der Waals surface area contributed by atoms with E-state index >= 15 is 0 Å². The molecule has 0 radical (unpaired) electrons. The third kappa shape index (κ3) is 4.12. The summed E-state index contributed by atoms with van der Waals surface area (Å²) >= 11 is 0. The summed E-state index contributed by atoms with van der Waals surface area (Å²) in [6.45, 7) is 5.23. The average molecular weight is 227 g/mol. The molecule has 0 spiro atoms. The monoisotopic (exact) mass is 227 g/mol. The van der Waals surface area contributed by atoms with Crippen LogP contribution in [0.1, 0.15) is 52.4 Å². The smallest absolute Gasteiger partial charge is 0.323 e. The Morgan fingerprint density at radius 3 is 2.38 bits per heavy atom. The molecule has 1 aliphatic rings. The van der Waals surface area contributed by atoms with Crippen LogP contribution in [0.4, 0.5) is 0 Å². The van der Waals surface area contributed by atoms with Gasteiger partial charge >= 0.3 is 5.97 Å². The first kappa shape index (κ1) is 13.5. The molecule has 16 heavy (non-hydrogen) atoms. The lowest BCUT2D eigenvalue weighted by atomic mass is 9.92. The Labute approximate surface area is 98.9 Å². The quantitative estimate of drug-likeness (QED) is 0.579. The molecule has 1 saturated carbocycles. The molecule has 0 aromatic carbocycles. The molecule has 1 unspecified atom stereocenters. The van der Waals surface area contributed by atoms with E-state index in [1.165, 1.54) is 25.7 Å². The van der Waals surface area contributed by atoms with E-state index in [-0.39, 0.29) is 12.0 Å². The van der Waals surface area contributed by atoms with E-state index < -0.39 is 0 Å². The van der Waals surface area contributed by atoms with E-state index in [9.17, 15) is 4.79 Å². The molecular weight excluding hydrogens is 202 g/mol. The van der Waals surface area contributed by atoms with E-state index in [2.05, 4.69) is 5.32 Å². The first-order chi connectivity index (χ1) is 7.79. The van der Waals surface area contributed by atoms with E-state index in [4.69, 9.17) is 4.74 Å². The minimum atomic E-state index is -0.0805. The van der Waals surface area contributed by atoms with Gasteiger partial charge in [0.15, 0.2) is 0 Å². The van der Waals surface area contributed by atoms with Crippen molar-refractivity contribution in [1.29, 1.82) is 0 Å². The highest BCUT2D eigenvalue weighted by Gasteiger charge is 2.28. The minimum absolute atomic E-state index is 0.0590. The predicted molar refractivity (Wildman–Crippen MR) is 65.3 cm³/mol. The number of carbonyl (C=O) groups is 1. The summed E-state index contributed by atoms with van der Waals surface area (Å²) in [6, 6.07) is -0.0805. The van der Waals surface area contributed by atoms with Gasteiger partial charge in [0.05, 0.1) is 6.61 Å². The van der Waals surface area contributed by atoms with Gasteiger partial charge in [0, 0.05) is 0 Å². The standard InChI is InChI=1S/C13H25NO2/c1-3-14-12(13(15)16-4-2)11-9-7-5-6-8-10-11/h11-12,14H,3-10H2,1-2H3. The fourth-order valence-corrected chi connectivity index (χ4v) is 2.54. The second kappa shape index (κ2) is 7.66. The van der Waals surface area contributed by atoms with Gasteiger partial charge in [0.25, 0.3) is 0 Å². The van der Waals surface area contributed by atoms with Crippen LogP contribution < -0.4 is 5.32 Å². The summed E-state index contributed by atoms with van der Waals surface area (Å²) in [5.41, 5.74) is 0. The number of carbonyl (C=O) groups excluding carboxylic acids is 1. The first-order valence-electron chi connectivity index (χ1n) is 6.69. The molecule has 3 nitrogen and oxygen atoms in total. The number of esters is 1. The van der Waals surface area contributed by atoms with Crippen molar-refractivity contribution in [3.8, 4) is 0 Å². The molecule has 0 aliphatic heterocycles. The Balaban J connectivity index is 2.55. The van der Waals surface area contributed by atoms with Crippen molar-refractivity contribution in [3.05, 3.63) is 0 Å². The predicted octanol–water partition coefficient (Wildman–Crippen LogP) is 2.50. The van der Waals surface area contributed by atoms with Crippen LogP contribution in [0.3, 0.4) is 0 Å². The SMILES string of the molecule is CCNC(C(=O)OCC)C1CCCCCC1. The van der Waals surface area contributed by atoms with Gasteiger partial charge in [-0.15, -0.1) is 0 Å². The fraction of sp³-hybridized carbons (Fsp3) is 0.923. The highest BCUT2D eigenvalue weighted by atomic mass is 16.5. The summed E-state index contributed by atoms with van der Waals surface area (Å²) in [4.78, 5) is 11.9. The lowest BCUT2D eigenvalue weighted by Gasteiger charge is -2.24. The third-order valence-electron chi connectivity index (χ3n) is 3.34. The maximum absolute atomic E-state index is 11.9. The van der Waals surface area contributed by atoms with E-state index in [1.807, 2.05) is 13.8 Å². The van der Waals surface area contributed by atoms with Gasteiger partial charge in [0.2, 0.25) is 0 Å². The molecule has 0 bridgehead atoms. The van der Waals surface area contributed by atoms with Crippen LogP contribution in [0.25, 0.3) is 0 Å². The molecule has 1 aliphatic carbocycles. The number of rotatable bonds is 5. The number of likely N-dealkylation sites (N-methyl/N-ethyl adjacent to an activating group) is 1. The van der Waals surface area contributed by atoms with Crippen molar-refractivity contribution in [2.75, 3.05) is 13.2 Å². The van der Waals surface area contributed by atoms with Crippen LogP contribution in [0, 0.1) is 5.92 Å². The molecule has 1 fully saturated rings. The maximum atomic E-state index is 11.9. The highest BCUT2D eigenvalue weighted by molar-refractivity contribution is 5.76. The van der Waals surface area contributed by atoms with E-state index in [0.29, 0.717) is 12.5 Å². The van der Waals surface area contributed by atoms with Crippen LogP contribution in [-0.2, 0) is 9.53 Å².